The van der Waals surface area contributed by atoms with E-state index in [0.717, 1.165) is 69.7 Å². The maximum absolute atomic E-state index is 6.60. The van der Waals surface area contributed by atoms with E-state index in [0.29, 0.717) is 12.4 Å². The number of benzene rings is 5. The fourth-order valence-corrected chi connectivity index (χ4v) is 7.28. The number of hydrogen-bond donors (Lipinski definition) is 0. The minimum absolute atomic E-state index is 0.428. The van der Waals surface area contributed by atoms with Gasteiger partial charge in [0.1, 0.15) is 12.4 Å². The van der Waals surface area contributed by atoms with Crippen molar-refractivity contribution in [2.24, 2.45) is 0 Å². The summed E-state index contributed by atoms with van der Waals surface area (Å²) < 4.78 is 6.60. The van der Waals surface area contributed by atoms with E-state index >= 15 is 0 Å². The van der Waals surface area contributed by atoms with Crippen molar-refractivity contribution in [2.45, 2.75) is 51.2 Å². The Morgan fingerprint density at radius 2 is 1.26 bits per heavy atom. The Bertz CT molecular complexity index is 2100. The van der Waals surface area contributed by atoms with Crippen molar-refractivity contribution < 1.29 is 4.74 Å². The largest absolute Gasteiger partial charge is 0.488 e. The summed E-state index contributed by atoms with van der Waals surface area (Å²) in [5, 5.41) is 14.9. The maximum Gasteiger partial charge on any atom is 0.205 e. The molecule has 0 N–H and O–H groups in total. The number of aromatic nitrogens is 5. The van der Waals surface area contributed by atoms with Crippen molar-refractivity contribution in [3.63, 3.8) is 0 Å². The van der Waals surface area contributed by atoms with Gasteiger partial charge in [0.15, 0.2) is 5.54 Å². The van der Waals surface area contributed by atoms with Gasteiger partial charge in [0.2, 0.25) is 5.82 Å². The molecule has 6 nitrogen and oxygen atoms in total. The highest BCUT2D eigenvalue weighted by atomic mass is 16.5. The highest BCUT2D eigenvalue weighted by Gasteiger charge is 2.41. The Morgan fingerprint density at radius 3 is 1.88 bits per heavy atom. The molecule has 0 atom stereocenters. The van der Waals surface area contributed by atoms with Gasteiger partial charge in [-0.1, -0.05) is 140 Å². The van der Waals surface area contributed by atoms with Crippen LogP contribution >= 0.6 is 0 Å². The SMILES string of the molecule is CCc1cc(OCc2ccc(-c3ccccc3)c(-c3nnn(C(c4ccccc4)(c4ccccc4)c4ccccc4)n3)c2)c2c(n1)CCCC2. The summed E-state index contributed by atoms with van der Waals surface area (Å²) in [6, 6.07) is 50.3. The Hall–Kier alpha value is -5.88. The first kappa shape index (κ1) is 31.4. The Morgan fingerprint density at radius 1 is 0.660 bits per heavy atom. The van der Waals surface area contributed by atoms with Gasteiger partial charge in [0.05, 0.1) is 0 Å². The zero-order valence-corrected chi connectivity index (χ0v) is 28.2. The quantitative estimate of drug-likeness (QED) is 0.138. The third-order valence-electron chi connectivity index (χ3n) is 9.77. The molecule has 7 aromatic rings. The van der Waals surface area contributed by atoms with Gasteiger partial charge in [-0.25, -0.2) is 0 Å². The van der Waals surface area contributed by atoms with Gasteiger partial charge >= 0.3 is 0 Å². The van der Waals surface area contributed by atoms with Crippen LogP contribution in [0.25, 0.3) is 22.5 Å². The van der Waals surface area contributed by atoms with Crippen LogP contribution in [0.1, 0.15) is 59.0 Å². The molecule has 0 bridgehead atoms. The average molecular weight is 654 g/mol. The zero-order valence-electron chi connectivity index (χ0n) is 28.2. The van der Waals surface area contributed by atoms with E-state index in [2.05, 4.69) is 128 Å². The van der Waals surface area contributed by atoms with Crippen molar-refractivity contribution in [3.05, 3.63) is 185 Å². The van der Waals surface area contributed by atoms with E-state index in [1.807, 2.05) is 24.3 Å². The number of rotatable bonds is 10. The molecule has 246 valence electrons. The normalized spacial score (nSPS) is 12.7. The molecule has 0 saturated heterocycles. The minimum Gasteiger partial charge on any atom is -0.488 e. The van der Waals surface area contributed by atoms with Crippen LogP contribution in [0, 0.1) is 0 Å². The molecule has 0 aliphatic heterocycles. The summed E-state index contributed by atoms with van der Waals surface area (Å²) in [4.78, 5) is 6.72. The van der Waals surface area contributed by atoms with Gasteiger partial charge in [0, 0.05) is 28.6 Å². The molecule has 0 fully saturated rings. The molecular weight excluding hydrogens is 615 g/mol. The minimum atomic E-state index is -0.861. The first-order valence-electron chi connectivity index (χ1n) is 17.5. The highest BCUT2D eigenvalue weighted by Crippen LogP contribution is 2.41. The monoisotopic (exact) mass is 653 g/mol. The molecule has 1 aliphatic carbocycles. The zero-order chi connectivity index (χ0) is 33.8. The van der Waals surface area contributed by atoms with Crippen LogP contribution in [0.5, 0.6) is 5.75 Å². The smallest absolute Gasteiger partial charge is 0.205 e. The van der Waals surface area contributed by atoms with Gasteiger partial charge < -0.3 is 4.74 Å². The van der Waals surface area contributed by atoms with Gasteiger partial charge in [-0.15, -0.1) is 15.0 Å². The third-order valence-corrected chi connectivity index (χ3v) is 9.77. The molecule has 2 aromatic heterocycles. The highest BCUT2D eigenvalue weighted by molar-refractivity contribution is 5.81. The molecular formula is C44H39N5O. The van der Waals surface area contributed by atoms with E-state index in [4.69, 9.17) is 25.1 Å². The Kier molecular flexibility index (Phi) is 8.74. The van der Waals surface area contributed by atoms with Crippen LogP contribution in [0.2, 0.25) is 0 Å². The van der Waals surface area contributed by atoms with Gasteiger partial charge in [-0.3, -0.25) is 4.98 Å². The first-order chi connectivity index (χ1) is 24.7. The average Bonchev–Trinajstić information content (AvgIpc) is 3.69. The number of hydrogen-bond acceptors (Lipinski definition) is 5. The molecule has 0 spiro atoms. The molecule has 0 unspecified atom stereocenters. The Labute approximate surface area is 293 Å². The first-order valence-corrected chi connectivity index (χ1v) is 17.5. The van der Waals surface area contributed by atoms with Crippen molar-refractivity contribution in [1.29, 1.82) is 0 Å². The Balaban J connectivity index is 1.25. The summed E-state index contributed by atoms with van der Waals surface area (Å²) in [6.07, 6.45) is 5.28. The molecule has 6 heteroatoms. The summed E-state index contributed by atoms with van der Waals surface area (Å²) in [6.45, 7) is 2.58. The van der Waals surface area contributed by atoms with Gasteiger partial charge in [0.25, 0.3) is 0 Å². The fourth-order valence-electron chi connectivity index (χ4n) is 7.28. The maximum atomic E-state index is 6.60. The van der Waals surface area contributed by atoms with Crippen molar-refractivity contribution >= 4 is 0 Å². The number of tetrazole rings is 1. The number of aryl methyl sites for hydroxylation is 2. The van der Waals surface area contributed by atoms with Crippen LogP contribution in [0.15, 0.2) is 146 Å². The standard InChI is InChI=1S/C44H39N5O/c1-2-37-30-42(39-25-15-16-26-41(39)45-37)50-31-32-27-28-38(33-17-7-3-8-18-33)40(29-32)43-46-48-49(47-43)44(34-19-9-4-10-20-34,35-21-11-5-12-22-35)36-23-13-6-14-24-36/h3-14,17-24,27-30H,2,15-16,25-26,31H2,1H3. The van der Waals surface area contributed by atoms with Crippen LogP contribution in [0.3, 0.4) is 0 Å². The number of nitrogens with zero attached hydrogens (tertiary/aromatic N) is 5. The van der Waals surface area contributed by atoms with E-state index in [1.54, 1.807) is 4.80 Å². The predicted molar refractivity (Wildman–Crippen MR) is 198 cm³/mol. The molecule has 50 heavy (non-hydrogen) atoms. The van der Waals surface area contributed by atoms with E-state index in [-0.39, 0.29) is 0 Å². The number of fused-ring (bicyclic) bond motifs is 1. The molecule has 5 aromatic carbocycles. The molecule has 0 radical (unpaired) electrons. The van der Waals surface area contributed by atoms with Crippen LogP contribution in [-0.4, -0.2) is 25.2 Å². The molecule has 0 saturated carbocycles. The van der Waals surface area contributed by atoms with E-state index in [9.17, 15) is 0 Å². The molecule has 1 aliphatic rings. The van der Waals surface area contributed by atoms with Crippen molar-refractivity contribution in [2.75, 3.05) is 0 Å². The second-order valence-electron chi connectivity index (χ2n) is 12.8. The lowest BCUT2D eigenvalue weighted by molar-refractivity contribution is 0.300. The van der Waals surface area contributed by atoms with Crippen molar-refractivity contribution in [1.82, 2.24) is 25.2 Å². The van der Waals surface area contributed by atoms with E-state index in [1.165, 1.54) is 24.1 Å². The van der Waals surface area contributed by atoms with Crippen molar-refractivity contribution in [3.8, 4) is 28.3 Å². The topological polar surface area (TPSA) is 65.7 Å². The van der Waals surface area contributed by atoms with Crippen LogP contribution in [0.4, 0.5) is 0 Å². The lowest BCUT2D eigenvalue weighted by atomic mass is 9.77. The summed E-state index contributed by atoms with van der Waals surface area (Å²) in [5.74, 6) is 1.51. The molecule has 8 rings (SSSR count). The van der Waals surface area contributed by atoms with Gasteiger partial charge in [-0.2, -0.15) is 0 Å². The van der Waals surface area contributed by atoms with Gasteiger partial charge in [-0.05, 0) is 76.8 Å². The van der Waals surface area contributed by atoms with E-state index < -0.39 is 5.54 Å². The molecule has 2 heterocycles. The second kappa shape index (κ2) is 13.9. The second-order valence-corrected chi connectivity index (χ2v) is 12.8. The summed E-state index contributed by atoms with van der Waals surface area (Å²) in [5.41, 5.74) is 9.87. The number of ether oxygens (including phenoxy) is 1. The summed E-state index contributed by atoms with van der Waals surface area (Å²) in [7, 11) is 0. The fraction of sp³-hybridized carbons (Fsp3) is 0.182. The van der Waals surface area contributed by atoms with Crippen LogP contribution < -0.4 is 4.74 Å². The molecule has 0 amide bonds. The summed E-state index contributed by atoms with van der Waals surface area (Å²) >= 11 is 0. The van der Waals surface area contributed by atoms with Crippen LogP contribution in [-0.2, 0) is 31.4 Å². The lowest BCUT2D eigenvalue weighted by Crippen LogP contribution is -2.39. The number of pyridine rings is 1. The lowest BCUT2D eigenvalue weighted by Gasteiger charge is -2.34. The third kappa shape index (κ3) is 5.87. The predicted octanol–water partition coefficient (Wildman–Crippen LogP) is 9.26.